The van der Waals surface area contributed by atoms with Crippen molar-refractivity contribution in [1.29, 1.82) is 0 Å². The molecule has 0 aliphatic carbocycles. The summed E-state index contributed by atoms with van der Waals surface area (Å²) in [7, 11) is 3.34. The third-order valence-corrected chi connectivity index (χ3v) is 3.92. The number of nitrogens with zero attached hydrogens (tertiary/aromatic N) is 1. The normalized spacial score (nSPS) is 12.2. The first kappa shape index (κ1) is 14.8. The highest BCUT2D eigenvalue weighted by molar-refractivity contribution is 7.09. The van der Waals surface area contributed by atoms with Crippen LogP contribution in [0.3, 0.4) is 0 Å². The summed E-state index contributed by atoms with van der Waals surface area (Å²) in [4.78, 5) is 5.40. The van der Waals surface area contributed by atoms with Crippen LogP contribution in [0.5, 0.6) is 11.5 Å². The van der Waals surface area contributed by atoms with Crippen molar-refractivity contribution in [2.24, 2.45) is 0 Å². The second kappa shape index (κ2) is 7.26. The fourth-order valence-corrected chi connectivity index (χ4v) is 2.77. The van der Waals surface area contributed by atoms with Crippen LogP contribution in [0.2, 0.25) is 0 Å². The molecule has 1 atom stereocenters. The molecule has 1 aromatic heterocycles. The van der Waals surface area contributed by atoms with Crippen LogP contribution in [-0.2, 0) is 6.42 Å². The van der Waals surface area contributed by atoms with Crippen molar-refractivity contribution < 1.29 is 9.47 Å². The maximum absolute atomic E-state index is 5.34. The highest BCUT2D eigenvalue weighted by Crippen LogP contribution is 2.28. The monoisotopic (exact) mass is 292 g/mol. The Morgan fingerprint density at radius 2 is 1.90 bits per heavy atom. The average molecular weight is 292 g/mol. The summed E-state index contributed by atoms with van der Waals surface area (Å²) >= 11 is 1.68. The Morgan fingerprint density at radius 3 is 2.40 bits per heavy atom. The second-order valence-electron chi connectivity index (χ2n) is 4.43. The van der Waals surface area contributed by atoms with Gasteiger partial charge in [0, 0.05) is 29.6 Å². The lowest BCUT2D eigenvalue weighted by Gasteiger charge is -2.19. The zero-order valence-electron chi connectivity index (χ0n) is 12.1. The lowest BCUT2D eigenvalue weighted by Crippen LogP contribution is -2.22. The lowest BCUT2D eigenvalue weighted by atomic mass is 10.0. The number of nitrogens with one attached hydrogen (secondary N) is 1. The number of thiazole rings is 1. The van der Waals surface area contributed by atoms with Crippen LogP contribution in [0.25, 0.3) is 0 Å². The van der Waals surface area contributed by atoms with Crippen molar-refractivity contribution in [2.75, 3.05) is 20.8 Å². The third kappa shape index (κ3) is 3.71. The maximum atomic E-state index is 5.34. The smallest absolute Gasteiger partial charge is 0.122 e. The van der Waals surface area contributed by atoms with E-state index in [1.54, 1.807) is 25.6 Å². The van der Waals surface area contributed by atoms with Gasteiger partial charge in [-0.2, -0.15) is 0 Å². The van der Waals surface area contributed by atoms with E-state index >= 15 is 0 Å². The van der Waals surface area contributed by atoms with Gasteiger partial charge in [0.1, 0.15) is 11.5 Å². The summed E-state index contributed by atoms with van der Waals surface area (Å²) in [5, 5.41) is 3.51. The number of likely N-dealkylation sites (N-methyl/N-ethyl adjacent to an activating group) is 1. The van der Waals surface area contributed by atoms with E-state index in [2.05, 4.69) is 29.4 Å². The van der Waals surface area contributed by atoms with E-state index < -0.39 is 0 Å². The number of hydrogen-bond acceptors (Lipinski definition) is 5. The van der Waals surface area contributed by atoms with Crippen LogP contribution in [-0.4, -0.2) is 25.7 Å². The molecule has 5 heteroatoms. The fraction of sp³-hybridized carbons (Fsp3) is 0.400. The Morgan fingerprint density at radius 1 is 1.20 bits per heavy atom. The SMILES string of the molecule is CCNC(Cc1cncs1)c1cc(OC)cc(OC)c1. The summed E-state index contributed by atoms with van der Waals surface area (Å²) in [6.07, 6.45) is 2.83. The van der Waals surface area contributed by atoms with Gasteiger partial charge in [-0.3, -0.25) is 4.98 Å². The standard InChI is InChI=1S/C15H20N2O2S/c1-4-17-15(8-14-9-16-10-20-14)11-5-12(18-2)7-13(6-11)19-3/h5-7,9-10,15,17H,4,8H2,1-3H3. The van der Waals surface area contributed by atoms with E-state index in [1.165, 1.54) is 4.88 Å². The number of hydrogen-bond donors (Lipinski definition) is 1. The summed E-state index contributed by atoms with van der Waals surface area (Å²) in [5.41, 5.74) is 3.03. The van der Waals surface area contributed by atoms with Gasteiger partial charge in [0.05, 0.1) is 19.7 Å². The molecular weight excluding hydrogens is 272 g/mol. The Bertz CT molecular complexity index is 506. The number of aromatic nitrogens is 1. The van der Waals surface area contributed by atoms with Gasteiger partial charge >= 0.3 is 0 Å². The van der Waals surface area contributed by atoms with Gasteiger partial charge in [-0.1, -0.05) is 6.92 Å². The minimum Gasteiger partial charge on any atom is -0.497 e. The summed E-state index contributed by atoms with van der Waals surface area (Å²) < 4.78 is 10.7. The zero-order valence-corrected chi connectivity index (χ0v) is 12.9. The zero-order chi connectivity index (χ0) is 14.4. The molecule has 0 saturated carbocycles. The Balaban J connectivity index is 2.27. The quantitative estimate of drug-likeness (QED) is 0.852. The maximum Gasteiger partial charge on any atom is 0.122 e. The average Bonchev–Trinajstić information content (AvgIpc) is 2.99. The summed E-state index contributed by atoms with van der Waals surface area (Å²) in [6, 6.07) is 6.22. The summed E-state index contributed by atoms with van der Waals surface area (Å²) in [6.45, 7) is 3.01. The minimum absolute atomic E-state index is 0.226. The summed E-state index contributed by atoms with van der Waals surface area (Å²) in [5.74, 6) is 1.62. The van der Waals surface area contributed by atoms with Crippen LogP contribution < -0.4 is 14.8 Å². The topological polar surface area (TPSA) is 43.4 Å². The minimum atomic E-state index is 0.226. The van der Waals surface area contributed by atoms with Crippen molar-refractivity contribution in [2.45, 2.75) is 19.4 Å². The van der Waals surface area contributed by atoms with Crippen LogP contribution in [0.1, 0.15) is 23.4 Å². The van der Waals surface area contributed by atoms with Gasteiger partial charge in [-0.25, -0.2) is 0 Å². The molecule has 1 aromatic carbocycles. The molecule has 20 heavy (non-hydrogen) atoms. The van der Waals surface area contributed by atoms with Crippen molar-refractivity contribution in [3.8, 4) is 11.5 Å². The van der Waals surface area contributed by atoms with E-state index in [1.807, 2.05) is 17.8 Å². The molecule has 1 unspecified atom stereocenters. The van der Waals surface area contributed by atoms with E-state index in [9.17, 15) is 0 Å². The lowest BCUT2D eigenvalue weighted by molar-refractivity contribution is 0.391. The van der Waals surface area contributed by atoms with Crippen LogP contribution in [0.15, 0.2) is 29.9 Å². The van der Waals surface area contributed by atoms with Gasteiger partial charge in [0.2, 0.25) is 0 Å². The highest BCUT2D eigenvalue weighted by atomic mass is 32.1. The van der Waals surface area contributed by atoms with E-state index in [0.717, 1.165) is 30.0 Å². The van der Waals surface area contributed by atoms with Gasteiger partial charge in [0.15, 0.2) is 0 Å². The van der Waals surface area contributed by atoms with E-state index in [-0.39, 0.29) is 6.04 Å². The van der Waals surface area contributed by atoms with Crippen molar-refractivity contribution in [1.82, 2.24) is 10.3 Å². The van der Waals surface area contributed by atoms with Crippen LogP contribution >= 0.6 is 11.3 Å². The van der Waals surface area contributed by atoms with Crippen molar-refractivity contribution >= 4 is 11.3 Å². The molecule has 2 aromatic rings. The molecule has 0 spiro atoms. The molecular formula is C15H20N2O2S. The Labute approximate surface area is 123 Å². The first-order valence-electron chi connectivity index (χ1n) is 6.60. The fourth-order valence-electron chi connectivity index (χ4n) is 2.13. The Hall–Kier alpha value is -1.59. The van der Waals surface area contributed by atoms with Gasteiger partial charge in [-0.05, 0) is 24.2 Å². The molecule has 0 radical (unpaired) electrons. The van der Waals surface area contributed by atoms with Crippen LogP contribution in [0.4, 0.5) is 0 Å². The highest BCUT2D eigenvalue weighted by Gasteiger charge is 2.14. The Kier molecular flexibility index (Phi) is 5.38. The van der Waals surface area contributed by atoms with Crippen molar-refractivity contribution in [3.63, 3.8) is 0 Å². The number of rotatable bonds is 7. The molecule has 1 N–H and O–H groups in total. The second-order valence-corrected chi connectivity index (χ2v) is 5.40. The molecule has 1 heterocycles. The third-order valence-electron chi connectivity index (χ3n) is 3.12. The largest absolute Gasteiger partial charge is 0.497 e. The number of benzene rings is 1. The molecule has 2 rings (SSSR count). The van der Waals surface area contributed by atoms with Crippen LogP contribution in [0, 0.1) is 0 Å². The number of ether oxygens (including phenoxy) is 2. The van der Waals surface area contributed by atoms with Gasteiger partial charge < -0.3 is 14.8 Å². The van der Waals surface area contributed by atoms with E-state index in [4.69, 9.17) is 9.47 Å². The number of methoxy groups -OCH3 is 2. The molecule has 4 nitrogen and oxygen atoms in total. The molecule has 0 aliphatic rings. The van der Waals surface area contributed by atoms with E-state index in [0.29, 0.717) is 0 Å². The predicted molar refractivity (Wildman–Crippen MR) is 81.8 cm³/mol. The first-order chi connectivity index (χ1) is 9.76. The van der Waals surface area contributed by atoms with Gasteiger partial charge in [-0.15, -0.1) is 11.3 Å². The molecule has 0 aliphatic heterocycles. The molecule has 0 saturated heterocycles. The van der Waals surface area contributed by atoms with Gasteiger partial charge in [0.25, 0.3) is 0 Å². The van der Waals surface area contributed by atoms with Crippen molar-refractivity contribution in [3.05, 3.63) is 40.3 Å². The molecule has 0 bridgehead atoms. The predicted octanol–water partition coefficient (Wildman–Crippen LogP) is 3.05. The molecule has 0 amide bonds. The molecule has 108 valence electrons. The first-order valence-corrected chi connectivity index (χ1v) is 7.48. The molecule has 0 fully saturated rings.